The monoisotopic (exact) mass is 222 g/mol. The van der Waals surface area contributed by atoms with Gasteiger partial charge in [-0.2, -0.15) is 0 Å². The molecule has 86 valence electrons. The molecule has 0 aromatic heterocycles. The number of hydrogen-bond donors (Lipinski definition) is 2. The van der Waals surface area contributed by atoms with Crippen molar-refractivity contribution >= 4 is 18.5 Å². The molecule has 0 fully saturated rings. The quantitative estimate of drug-likeness (QED) is 0.605. The molecule has 0 unspecified atom stereocenters. The van der Waals surface area contributed by atoms with Gasteiger partial charge in [0.2, 0.25) is 5.91 Å². The standard InChI is InChI=1S/C11H14N2O3/c14-6-2-4-10(8-15)13-11(16)9-3-1-5-12-7-9/h1,3,5-6,8,10,12H,2,4,7H2,(H,13,16)/t10-/m0/s1. The van der Waals surface area contributed by atoms with E-state index in [1.807, 2.05) is 0 Å². The van der Waals surface area contributed by atoms with Gasteiger partial charge < -0.3 is 20.2 Å². The maximum absolute atomic E-state index is 11.6. The molecule has 0 bridgehead atoms. The summed E-state index contributed by atoms with van der Waals surface area (Å²) in [6.45, 7) is 0.446. The third-order valence-electron chi connectivity index (χ3n) is 2.17. The summed E-state index contributed by atoms with van der Waals surface area (Å²) in [5.74, 6) is -0.278. The fraction of sp³-hybridized carbons (Fsp3) is 0.364. The SMILES string of the molecule is O=CCC[C@@H](C=O)NC(=O)C1=CC=CNC1. The molecule has 1 heterocycles. The van der Waals surface area contributed by atoms with Crippen molar-refractivity contribution in [2.45, 2.75) is 18.9 Å². The van der Waals surface area contributed by atoms with Crippen LogP contribution in [0.25, 0.3) is 0 Å². The van der Waals surface area contributed by atoms with Crippen LogP contribution in [0, 0.1) is 0 Å². The van der Waals surface area contributed by atoms with Crippen LogP contribution in [-0.2, 0) is 14.4 Å². The second-order valence-electron chi connectivity index (χ2n) is 3.39. The number of rotatable bonds is 6. The van der Waals surface area contributed by atoms with Crippen molar-refractivity contribution in [3.8, 4) is 0 Å². The Hall–Kier alpha value is -1.91. The zero-order valence-electron chi connectivity index (χ0n) is 8.81. The molecule has 0 aromatic carbocycles. The number of nitrogens with one attached hydrogen (secondary N) is 2. The molecule has 1 atom stereocenters. The van der Waals surface area contributed by atoms with E-state index in [0.717, 1.165) is 6.29 Å². The van der Waals surface area contributed by atoms with Crippen molar-refractivity contribution in [2.24, 2.45) is 0 Å². The van der Waals surface area contributed by atoms with Gasteiger partial charge in [0.25, 0.3) is 0 Å². The van der Waals surface area contributed by atoms with E-state index in [0.29, 0.717) is 24.8 Å². The lowest BCUT2D eigenvalue weighted by atomic mass is 10.1. The highest BCUT2D eigenvalue weighted by Gasteiger charge is 2.14. The molecular weight excluding hydrogens is 208 g/mol. The summed E-state index contributed by atoms with van der Waals surface area (Å²) < 4.78 is 0. The van der Waals surface area contributed by atoms with Gasteiger partial charge in [-0.15, -0.1) is 0 Å². The fourth-order valence-electron chi connectivity index (χ4n) is 1.30. The van der Waals surface area contributed by atoms with E-state index < -0.39 is 6.04 Å². The van der Waals surface area contributed by atoms with Crippen LogP contribution in [0.1, 0.15) is 12.8 Å². The van der Waals surface area contributed by atoms with Gasteiger partial charge >= 0.3 is 0 Å². The minimum atomic E-state index is -0.593. The molecule has 1 rings (SSSR count). The van der Waals surface area contributed by atoms with Crippen LogP contribution in [0.2, 0.25) is 0 Å². The number of hydrogen-bond acceptors (Lipinski definition) is 4. The molecule has 0 spiro atoms. The van der Waals surface area contributed by atoms with E-state index in [-0.39, 0.29) is 12.3 Å². The maximum Gasteiger partial charge on any atom is 0.249 e. The molecule has 1 aliphatic heterocycles. The zero-order valence-corrected chi connectivity index (χ0v) is 8.81. The Labute approximate surface area is 93.6 Å². The van der Waals surface area contributed by atoms with E-state index in [1.165, 1.54) is 0 Å². The molecule has 2 N–H and O–H groups in total. The molecule has 5 heteroatoms. The first-order valence-corrected chi connectivity index (χ1v) is 5.07. The fourth-order valence-corrected chi connectivity index (χ4v) is 1.30. The summed E-state index contributed by atoms with van der Waals surface area (Å²) in [5, 5.41) is 5.46. The molecule has 0 aliphatic carbocycles. The number of allylic oxidation sites excluding steroid dienone is 2. The molecule has 0 saturated carbocycles. The minimum absolute atomic E-state index is 0.265. The molecular formula is C11H14N2O3. The first-order valence-electron chi connectivity index (χ1n) is 5.07. The van der Waals surface area contributed by atoms with Gasteiger partial charge in [0.15, 0.2) is 0 Å². The summed E-state index contributed by atoms with van der Waals surface area (Å²) >= 11 is 0. The molecule has 16 heavy (non-hydrogen) atoms. The van der Waals surface area contributed by atoms with Gasteiger partial charge in [-0.25, -0.2) is 0 Å². The largest absolute Gasteiger partial charge is 0.387 e. The maximum atomic E-state index is 11.6. The third kappa shape index (κ3) is 3.68. The van der Waals surface area contributed by atoms with Crippen LogP contribution in [0.4, 0.5) is 0 Å². The van der Waals surface area contributed by atoms with Gasteiger partial charge in [0.1, 0.15) is 12.6 Å². The Kier molecular flexibility index (Phi) is 4.98. The van der Waals surface area contributed by atoms with Gasteiger partial charge in [-0.05, 0) is 18.7 Å². The second-order valence-corrected chi connectivity index (χ2v) is 3.39. The summed E-state index contributed by atoms with van der Waals surface area (Å²) in [6, 6.07) is -0.593. The second kappa shape index (κ2) is 6.55. The van der Waals surface area contributed by atoms with Crippen LogP contribution in [0.5, 0.6) is 0 Å². The molecule has 0 saturated heterocycles. The average Bonchev–Trinajstić information content (AvgIpc) is 2.35. The van der Waals surface area contributed by atoms with Gasteiger partial charge in [-0.1, -0.05) is 6.08 Å². The molecule has 0 aromatic rings. The Balaban J connectivity index is 2.47. The van der Waals surface area contributed by atoms with Crippen molar-refractivity contribution in [2.75, 3.05) is 6.54 Å². The topological polar surface area (TPSA) is 75.3 Å². The number of carbonyl (C=O) groups excluding carboxylic acids is 3. The highest BCUT2D eigenvalue weighted by Crippen LogP contribution is 2.00. The summed E-state index contributed by atoms with van der Waals surface area (Å²) in [4.78, 5) is 32.4. The van der Waals surface area contributed by atoms with Crippen LogP contribution in [0.15, 0.2) is 23.9 Å². The van der Waals surface area contributed by atoms with E-state index in [2.05, 4.69) is 10.6 Å². The molecule has 1 aliphatic rings. The highest BCUT2D eigenvalue weighted by molar-refractivity contribution is 5.95. The number of carbonyl (C=O) groups is 3. The lowest BCUT2D eigenvalue weighted by molar-refractivity contribution is -0.121. The Morgan fingerprint density at radius 1 is 1.56 bits per heavy atom. The Bertz CT molecular complexity index is 334. The van der Waals surface area contributed by atoms with Crippen LogP contribution >= 0.6 is 0 Å². The first-order chi connectivity index (χ1) is 7.77. The van der Waals surface area contributed by atoms with Crippen molar-refractivity contribution in [3.63, 3.8) is 0 Å². The van der Waals surface area contributed by atoms with Gasteiger partial charge in [-0.3, -0.25) is 4.79 Å². The predicted octanol–water partition coefficient (Wildman–Crippen LogP) is -0.307. The van der Waals surface area contributed by atoms with E-state index >= 15 is 0 Å². The van der Waals surface area contributed by atoms with Crippen LogP contribution in [-0.4, -0.2) is 31.1 Å². The lowest BCUT2D eigenvalue weighted by Crippen LogP contribution is -2.38. The normalized spacial score (nSPS) is 15.6. The summed E-state index contributed by atoms with van der Waals surface area (Å²) in [7, 11) is 0. The van der Waals surface area contributed by atoms with E-state index in [9.17, 15) is 14.4 Å². The highest BCUT2D eigenvalue weighted by atomic mass is 16.2. The van der Waals surface area contributed by atoms with Crippen molar-refractivity contribution < 1.29 is 14.4 Å². The van der Waals surface area contributed by atoms with Crippen molar-refractivity contribution in [1.82, 2.24) is 10.6 Å². The molecule has 5 nitrogen and oxygen atoms in total. The summed E-state index contributed by atoms with van der Waals surface area (Å²) in [6.07, 6.45) is 7.13. The Morgan fingerprint density at radius 3 is 2.94 bits per heavy atom. The third-order valence-corrected chi connectivity index (χ3v) is 2.17. The van der Waals surface area contributed by atoms with Crippen LogP contribution < -0.4 is 10.6 Å². The lowest BCUT2D eigenvalue weighted by Gasteiger charge is -2.14. The average molecular weight is 222 g/mol. The molecule has 1 amide bonds. The van der Waals surface area contributed by atoms with E-state index in [4.69, 9.17) is 0 Å². The number of aldehydes is 2. The van der Waals surface area contributed by atoms with Gasteiger partial charge in [0, 0.05) is 18.5 Å². The van der Waals surface area contributed by atoms with E-state index in [1.54, 1.807) is 18.4 Å². The number of dihydropyridines is 1. The zero-order chi connectivity index (χ0) is 11.8. The minimum Gasteiger partial charge on any atom is -0.387 e. The van der Waals surface area contributed by atoms with Gasteiger partial charge in [0.05, 0.1) is 6.04 Å². The molecule has 0 radical (unpaired) electrons. The van der Waals surface area contributed by atoms with Crippen LogP contribution in [0.3, 0.4) is 0 Å². The number of amides is 1. The first kappa shape index (κ1) is 12.2. The Morgan fingerprint density at radius 2 is 2.38 bits per heavy atom. The van der Waals surface area contributed by atoms with Crippen molar-refractivity contribution in [3.05, 3.63) is 23.9 Å². The summed E-state index contributed by atoms with van der Waals surface area (Å²) in [5.41, 5.74) is 0.570. The van der Waals surface area contributed by atoms with Crippen molar-refractivity contribution in [1.29, 1.82) is 0 Å². The predicted molar refractivity (Wildman–Crippen MR) is 58.5 cm³/mol. The smallest absolute Gasteiger partial charge is 0.249 e.